The van der Waals surface area contributed by atoms with Gasteiger partial charge in [-0.1, -0.05) is 19.6 Å². The minimum Gasteiger partial charge on any atom is -0.266 e. The third-order valence-corrected chi connectivity index (χ3v) is 2.01. The molecule has 0 bridgehead atoms. The summed E-state index contributed by atoms with van der Waals surface area (Å²) in [6.07, 6.45) is 0. The van der Waals surface area contributed by atoms with Crippen molar-refractivity contribution in [3.8, 4) is 0 Å². The van der Waals surface area contributed by atoms with Crippen molar-refractivity contribution in [1.29, 1.82) is 0 Å². The van der Waals surface area contributed by atoms with Crippen LogP contribution in [0.1, 0.15) is 35.1 Å². The topological polar surface area (TPSA) is 46.6 Å². The highest BCUT2D eigenvalue weighted by Crippen LogP contribution is 2.22. The number of amides is 2. The monoisotopic (exact) mass is 207 g/mol. The molecule has 1 aromatic rings. The van der Waals surface area contributed by atoms with Crippen molar-refractivity contribution < 1.29 is 14.4 Å². The van der Waals surface area contributed by atoms with Gasteiger partial charge in [0, 0.05) is 0 Å². The molecule has 1 aliphatic heterocycles. The Labute approximate surface area is 88.4 Å². The van der Waals surface area contributed by atoms with Crippen LogP contribution in [-0.4, -0.2) is 23.5 Å². The van der Waals surface area contributed by atoms with Crippen LogP contribution in [0.5, 0.6) is 0 Å². The molecule has 4 nitrogen and oxygen atoms in total. The smallest absolute Gasteiger partial charge is 0.266 e. The number of hydrogen-bond donors (Lipinski definition) is 0. The normalized spacial score (nSPS) is 13.8. The van der Waals surface area contributed by atoms with Crippen LogP contribution in [0.25, 0.3) is 0 Å². The molecule has 15 heavy (non-hydrogen) atoms. The van der Waals surface area contributed by atoms with Gasteiger partial charge in [0.15, 0.2) is 0 Å². The van der Waals surface area contributed by atoms with Crippen LogP contribution in [0.2, 0.25) is 0 Å². The average molecular weight is 207 g/mol. The molecule has 0 atom stereocenters. The molecule has 1 aromatic carbocycles. The Morgan fingerprint density at radius 2 is 1.60 bits per heavy atom. The first kappa shape index (κ1) is 11.4. The van der Waals surface area contributed by atoms with E-state index in [2.05, 4.69) is 0 Å². The molecule has 1 heterocycles. The van der Waals surface area contributed by atoms with Crippen molar-refractivity contribution in [2.24, 2.45) is 0 Å². The van der Waals surface area contributed by atoms with Crippen LogP contribution in [0.15, 0.2) is 24.3 Å². The Bertz CT molecular complexity index is 366. The summed E-state index contributed by atoms with van der Waals surface area (Å²) in [6, 6.07) is 6.68. The minimum absolute atomic E-state index is 0. The van der Waals surface area contributed by atoms with Gasteiger partial charge in [0.2, 0.25) is 0 Å². The number of imide groups is 1. The fraction of sp³-hybridized carbons (Fsp3) is 0.273. The van der Waals surface area contributed by atoms with Gasteiger partial charge in [0.25, 0.3) is 11.8 Å². The van der Waals surface area contributed by atoms with Crippen molar-refractivity contribution in [3.05, 3.63) is 35.4 Å². The van der Waals surface area contributed by atoms with Crippen molar-refractivity contribution in [2.75, 3.05) is 6.61 Å². The molecule has 1 aliphatic rings. The maximum absolute atomic E-state index is 11.6. The van der Waals surface area contributed by atoms with Gasteiger partial charge >= 0.3 is 0 Å². The molecule has 0 saturated carbocycles. The van der Waals surface area contributed by atoms with Gasteiger partial charge in [-0.15, -0.1) is 5.06 Å². The highest BCUT2D eigenvalue weighted by atomic mass is 16.7. The Morgan fingerprint density at radius 3 is 2.00 bits per heavy atom. The van der Waals surface area contributed by atoms with Crippen molar-refractivity contribution in [1.82, 2.24) is 5.06 Å². The highest BCUT2D eigenvalue weighted by molar-refractivity contribution is 6.20. The second-order valence-electron chi connectivity index (χ2n) is 2.87. The Kier molecular flexibility index (Phi) is 3.21. The average Bonchev–Trinajstić information content (AvgIpc) is 2.45. The molecule has 2 rings (SSSR count). The lowest BCUT2D eigenvalue weighted by atomic mass is 10.1. The number of rotatable bonds is 2. The standard InChI is InChI=1S/C10H9NO3.CH4/c1-2-14-11-9(12)7-5-3-4-6-8(7)10(11)13;/h3-6H,2H2,1H3;1H4. The number of fused-ring (bicyclic) bond motifs is 1. The first-order valence-corrected chi connectivity index (χ1v) is 4.36. The molecule has 0 N–H and O–H groups in total. The van der Waals surface area contributed by atoms with E-state index in [4.69, 9.17) is 4.84 Å². The lowest BCUT2D eigenvalue weighted by Gasteiger charge is -2.10. The summed E-state index contributed by atoms with van der Waals surface area (Å²) in [5.74, 6) is -0.764. The second-order valence-corrected chi connectivity index (χ2v) is 2.87. The van der Waals surface area contributed by atoms with Crippen LogP contribution in [-0.2, 0) is 4.84 Å². The van der Waals surface area contributed by atoms with E-state index in [0.717, 1.165) is 5.06 Å². The summed E-state index contributed by atoms with van der Waals surface area (Å²) in [4.78, 5) is 28.1. The van der Waals surface area contributed by atoms with Gasteiger partial charge in [-0.25, -0.2) is 0 Å². The maximum atomic E-state index is 11.6. The van der Waals surface area contributed by atoms with E-state index in [1.165, 1.54) is 0 Å². The van der Waals surface area contributed by atoms with Crippen molar-refractivity contribution >= 4 is 11.8 Å². The number of hydrogen-bond acceptors (Lipinski definition) is 3. The Morgan fingerprint density at radius 1 is 1.13 bits per heavy atom. The van der Waals surface area contributed by atoms with E-state index < -0.39 is 0 Å². The predicted octanol–water partition coefficient (Wildman–Crippen LogP) is 1.87. The molecule has 0 aromatic heterocycles. The summed E-state index contributed by atoms with van der Waals surface area (Å²) in [5.41, 5.74) is 0.817. The SMILES string of the molecule is C.CCON1C(=O)c2ccccc2C1=O. The summed E-state index contributed by atoms with van der Waals surface area (Å²) < 4.78 is 0. The lowest BCUT2D eigenvalue weighted by molar-refractivity contribution is -0.0863. The first-order chi connectivity index (χ1) is 6.75. The Balaban J connectivity index is 0.00000112. The molecular formula is C11H13NO3. The Hall–Kier alpha value is -1.68. The molecule has 0 radical (unpaired) electrons. The molecule has 0 fully saturated rings. The predicted molar refractivity (Wildman–Crippen MR) is 55.3 cm³/mol. The van der Waals surface area contributed by atoms with E-state index in [1.807, 2.05) is 0 Å². The van der Waals surface area contributed by atoms with Crippen LogP contribution >= 0.6 is 0 Å². The third kappa shape index (κ3) is 1.64. The summed E-state index contributed by atoms with van der Waals surface area (Å²) in [6.45, 7) is 2.02. The van der Waals surface area contributed by atoms with E-state index in [-0.39, 0.29) is 19.2 Å². The van der Waals surface area contributed by atoms with E-state index in [1.54, 1.807) is 31.2 Å². The number of carbonyl (C=O) groups excluding carboxylic acids is 2. The molecule has 4 heteroatoms. The zero-order valence-corrected chi connectivity index (χ0v) is 7.69. The third-order valence-electron chi connectivity index (χ3n) is 2.01. The van der Waals surface area contributed by atoms with Crippen molar-refractivity contribution in [2.45, 2.75) is 14.4 Å². The van der Waals surface area contributed by atoms with Gasteiger partial charge < -0.3 is 0 Å². The molecule has 0 saturated heterocycles. The van der Waals surface area contributed by atoms with Gasteiger partial charge in [-0.2, -0.15) is 0 Å². The first-order valence-electron chi connectivity index (χ1n) is 4.36. The number of benzene rings is 1. The highest BCUT2D eigenvalue weighted by Gasteiger charge is 2.35. The van der Waals surface area contributed by atoms with E-state index >= 15 is 0 Å². The van der Waals surface area contributed by atoms with Crippen LogP contribution < -0.4 is 0 Å². The van der Waals surface area contributed by atoms with Crippen molar-refractivity contribution in [3.63, 3.8) is 0 Å². The summed E-state index contributed by atoms with van der Waals surface area (Å²) in [5, 5.41) is 0.810. The van der Waals surface area contributed by atoms with E-state index in [0.29, 0.717) is 17.7 Å². The van der Waals surface area contributed by atoms with Gasteiger partial charge in [0.1, 0.15) is 0 Å². The zero-order valence-electron chi connectivity index (χ0n) is 7.69. The fourth-order valence-corrected chi connectivity index (χ4v) is 1.41. The van der Waals surface area contributed by atoms with Gasteiger partial charge in [-0.3, -0.25) is 14.4 Å². The zero-order chi connectivity index (χ0) is 10.1. The lowest BCUT2D eigenvalue weighted by Crippen LogP contribution is -2.29. The fourth-order valence-electron chi connectivity index (χ4n) is 1.41. The van der Waals surface area contributed by atoms with Crippen LogP contribution in [0.3, 0.4) is 0 Å². The maximum Gasteiger partial charge on any atom is 0.285 e. The number of nitrogens with zero attached hydrogens (tertiary/aromatic N) is 1. The molecule has 0 unspecified atom stereocenters. The summed E-state index contributed by atoms with van der Waals surface area (Å²) >= 11 is 0. The molecule has 80 valence electrons. The molecule has 2 amide bonds. The second kappa shape index (κ2) is 4.23. The molecular weight excluding hydrogens is 194 g/mol. The molecule has 0 spiro atoms. The van der Waals surface area contributed by atoms with Gasteiger partial charge in [-0.05, 0) is 19.1 Å². The largest absolute Gasteiger partial charge is 0.285 e. The van der Waals surface area contributed by atoms with Gasteiger partial charge in [0.05, 0.1) is 17.7 Å². The van der Waals surface area contributed by atoms with Crippen LogP contribution in [0, 0.1) is 0 Å². The quantitative estimate of drug-likeness (QED) is 0.695. The molecule has 0 aliphatic carbocycles. The number of hydroxylamine groups is 2. The minimum atomic E-state index is -0.382. The van der Waals surface area contributed by atoms with E-state index in [9.17, 15) is 9.59 Å². The summed E-state index contributed by atoms with van der Waals surface area (Å²) in [7, 11) is 0. The number of carbonyl (C=O) groups is 2. The van der Waals surface area contributed by atoms with Crippen LogP contribution in [0.4, 0.5) is 0 Å².